The van der Waals surface area contributed by atoms with Crippen LogP contribution in [0.2, 0.25) is 0 Å². The molecule has 3 fully saturated rings. The highest BCUT2D eigenvalue weighted by Crippen LogP contribution is 2.64. The Morgan fingerprint density at radius 2 is 1.69 bits per heavy atom. The summed E-state index contributed by atoms with van der Waals surface area (Å²) in [5.41, 5.74) is -1.20. The summed E-state index contributed by atoms with van der Waals surface area (Å²) >= 11 is 0. The summed E-state index contributed by atoms with van der Waals surface area (Å²) in [6.45, 7) is 8.15. The van der Waals surface area contributed by atoms with Gasteiger partial charge in [-0.15, -0.1) is 0 Å². The Morgan fingerprint density at radius 1 is 1.00 bits per heavy atom. The van der Waals surface area contributed by atoms with Gasteiger partial charge in [0.05, 0.1) is 11.5 Å². The Bertz CT molecular complexity index is 1570. The summed E-state index contributed by atoms with van der Waals surface area (Å²) in [6.07, 6.45) is 14.2. The third-order valence-corrected chi connectivity index (χ3v) is 12.1. The molecule has 45 heavy (non-hydrogen) atoms. The number of fused-ring (bicyclic) bond motifs is 3. The molecule has 3 saturated carbocycles. The van der Waals surface area contributed by atoms with Crippen LogP contribution in [0.5, 0.6) is 5.75 Å². The van der Waals surface area contributed by atoms with E-state index in [2.05, 4.69) is 12.2 Å². The number of hydrogen-bond acceptors (Lipinski definition) is 7. The van der Waals surface area contributed by atoms with Gasteiger partial charge in [-0.25, -0.2) is 0 Å². The van der Waals surface area contributed by atoms with E-state index in [-0.39, 0.29) is 30.1 Å². The molecule has 6 rings (SSSR count). The van der Waals surface area contributed by atoms with E-state index in [1.165, 1.54) is 50.2 Å². The van der Waals surface area contributed by atoms with Crippen molar-refractivity contribution < 1.29 is 34.2 Å². The average Bonchev–Trinajstić information content (AvgIpc) is 3.43. The van der Waals surface area contributed by atoms with Crippen LogP contribution in [0.1, 0.15) is 114 Å². The van der Waals surface area contributed by atoms with Gasteiger partial charge >= 0.3 is 0 Å². The van der Waals surface area contributed by atoms with Gasteiger partial charge in [0, 0.05) is 11.3 Å². The summed E-state index contributed by atoms with van der Waals surface area (Å²) in [5.74, 6) is -7.88. The summed E-state index contributed by atoms with van der Waals surface area (Å²) in [6, 6.07) is 3.34. The number of phenols is 1. The molecule has 7 nitrogen and oxygen atoms in total. The smallest absolute Gasteiger partial charge is 0.190 e. The van der Waals surface area contributed by atoms with Crippen LogP contribution in [0.3, 0.4) is 0 Å². The van der Waals surface area contributed by atoms with Gasteiger partial charge in [0.15, 0.2) is 28.7 Å². The predicted molar refractivity (Wildman–Crippen MR) is 169 cm³/mol. The second-order valence-corrected chi connectivity index (χ2v) is 15.6. The molecule has 240 valence electrons. The summed E-state index contributed by atoms with van der Waals surface area (Å²) in [5, 5.41) is 23.2. The Morgan fingerprint density at radius 3 is 2.33 bits per heavy atom. The predicted octanol–water partition coefficient (Wildman–Crippen LogP) is 6.17. The lowest BCUT2D eigenvalue weighted by Gasteiger charge is -2.61. The SMILES string of the molecule is CC(=O)C1C(=O)C(C(C)C)[C@@]2(C)C[C@@]3(C)Cc4c(C5=CC=C(CCC6CCCCC6)C5)ccc(O)c4C(=O)C3C(=O)[C@@]2(O)C1=O. The van der Waals surface area contributed by atoms with Crippen molar-refractivity contribution in [1.82, 2.24) is 0 Å². The van der Waals surface area contributed by atoms with Crippen LogP contribution in [0, 0.1) is 40.4 Å². The van der Waals surface area contributed by atoms with Gasteiger partial charge in [-0.05, 0) is 79.0 Å². The van der Waals surface area contributed by atoms with Crippen molar-refractivity contribution in [2.45, 2.75) is 104 Å². The maximum Gasteiger partial charge on any atom is 0.190 e. The van der Waals surface area contributed by atoms with Gasteiger partial charge in [0.1, 0.15) is 17.5 Å². The van der Waals surface area contributed by atoms with Crippen LogP contribution in [0.25, 0.3) is 5.57 Å². The molecule has 0 saturated heterocycles. The van der Waals surface area contributed by atoms with E-state index in [0.29, 0.717) is 5.56 Å². The van der Waals surface area contributed by atoms with Crippen LogP contribution < -0.4 is 0 Å². The molecule has 7 heteroatoms. The second kappa shape index (κ2) is 11.0. The number of benzene rings is 1. The maximum atomic E-state index is 14.5. The van der Waals surface area contributed by atoms with Crippen molar-refractivity contribution in [3.63, 3.8) is 0 Å². The molecule has 1 aromatic carbocycles. The average molecular weight is 615 g/mol. The molecular weight excluding hydrogens is 568 g/mol. The zero-order valence-corrected chi connectivity index (χ0v) is 27.2. The van der Waals surface area contributed by atoms with E-state index in [9.17, 15) is 34.2 Å². The fourth-order valence-electron chi connectivity index (χ4n) is 10.2. The Balaban J connectivity index is 1.37. The van der Waals surface area contributed by atoms with Crippen molar-refractivity contribution in [3.8, 4) is 5.75 Å². The van der Waals surface area contributed by atoms with Crippen molar-refractivity contribution in [2.75, 3.05) is 0 Å². The van der Waals surface area contributed by atoms with Crippen molar-refractivity contribution in [2.24, 2.45) is 40.4 Å². The van der Waals surface area contributed by atoms with Gasteiger partial charge in [-0.1, -0.05) is 83.6 Å². The number of hydrogen-bond donors (Lipinski definition) is 2. The Kier molecular flexibility index (Phi) is 7.74. The number of ketones is 5. The first kappa shape index (κ1) is 31.8. The molecule has 5 aliphatic rings. The maximum absolute atomic E-state index is 14.5. The van der Waals surface area contributed by atoms with Crippen LogP contribution in [-0.4, -0.2) is 44.7 Å². The number of rotatable bonds is 6. The van der Waals surface area contributed by atoms with E-state index in [0.717, 1.165) is 36.8 Å². The van der Waals surface area contributed by atoms with Gasteiger partial charge < -0.3 is 10.2 Å². The lowest BCUT2D eigenvalue weighted by Crippen LogP contribution is -2.76. The minimum absolute atomic E-state index is 0.0576. The third-order valence-electron chi connectivity index (χ3n) is 12.1. The molecule has 3 unspecified atom stereocenters. The highest BCUT2D eigenvalue weighted by Gasteiger charge is 2.76. The first-order valence-electron chi connectivity index (χ1n) is 16.8. The molecule has 0 amide bonds. The molecule has 0 aliphatic heterocycles. The monoisotopic (exact) mass is 614 g/mol. The number of carbonyl (C=O) groups excluding carboxylic acids is 5. The molecule has 0 radical (unpaired) electrons. The number of phenolic OH excluding ortho intramolecular Hbond substituents is 1. The lowest BCUT2D eigenvalue weighted by molar-refractivity contribution is -0.205. The van der Waals surface area contributed by atoms with Gasteiger partial charge in [-0.3, -0.25) is 24.0 Å². The summed E-state index contributed by atoms with van der Waals surface area (Å²) in [7, 11) is 0. The zero-order chi connectivity index (χ0) is 32.6. The molecule has 0 heterocycles. The van der Waals surface area contributed by atoms with Crippen LogP contribution >= 0.6 is 0 Å². The minimum Gasteiger partial charge on any atom is -0.507 e. The summed E-state index contributed by atoms with van der Waals surface area (Å²) in [4.78, 5) is 69.0. The fraction of sp³-hybridized carbons (Fsp3) is 0.605. The standard InChI is InChI=1S/C38H46O7/c1-20(2)30-32(41)28(21(3)39)34(43)38(45)35(44)31-33(42)29-26(18-36(31,4)19-37(30,38)5)25(15-16-27(29)40)24-14-13-23(17-24)12-11-22-9-7-6-8-10-22/h13-16,20,22,28,30-31,40,45H,6-12,17-19H2,1-5H3/t28?,30?,31?,36-,37-,38+/m1/s1. The lowest BCUT2D eigenvalue weighted by atomic mass is 9.40. The first-order valence-corrected chi connectivity index (χ1v) is 16.8. The fourth-order valence-corrected chi connectivity index (χ4v) is 10.2. The molecular formula is C38H46O7. The largest absolute Gasteiger partial charge is 0.507 e. The zero-order valence-electron chi connectivity index (χ0n) is 27.2. The topological polar surface area (TPSA) is 126 Å². The Hall–Kier alpha value is -3.19. The van der Waals surface area contributed by atoms with Crippen molar-refractivity contribution in [1.29, 1.82) is 0 Å². The number of carbonyl (C=O) groups is 5. The van der Waals surface area contributed by atoms with Gasteiger partial charge in [0.25, 0.3) is 0 Å². The summed E-state index contributed by atoms with van der Waals surface area (Å²) < 4.78 is 0. The first-order chi connectivity index (χ1) is 21.2. The number of allylic oxidation sites excluding steroid dienone is 4. The highest BCUT2D eigenvalue weighted by atomic mass is 16.3. The van der Waals surface area contributed by atoms with Crippen LogP contribution in [-0.2, 0) is 25.6 Å². The van der Waals surface area contributed by atoms with Gasteiger partial charge in [-0.2, -0.15) is 0 Å². The van der Waals surface area contributed by atoms with E-state index >= 15 is 0 Å². The van der Waals surface area contributed by atoms with Crippen LogP contribution in [0.4, 0.5) is 0 Å². The minimum atomic E-state index is -2.68. The van der Waals surface area contributed by atoms with Gasteiger partial charge in [0.2, 0.25) is 0 Å². The molecule has 1 aromatic rings. The molecule has 0 aromatic heterocycles. The second-order valence-electron chi connectivity index (χ2n) is 15.6. The molecule has 0 spiro atoms. The Labute approximate surface area is 265 Å². The molecule has 6 atom stereocenters. The normalized spacial score (nSPS) is 35.1. The third kappa shape index (κ3) is 4.58. The van der Waals surface area contributed by atoms with E-state index in [1.807, 2.05) is 13.0 Å². The van der Waals surface area contributed by atoms with Crippen molar-refractivity contribution >= 4 is 34.5 Å². The molecule has 5 aliphatic carbocycles. The van der Waals surface area contributed by atoms with Crippen LogP contribution in [0.15, 0.2) is 29.9 Å². The van der Waals surface area contributed by atoms with Crippen molar-refractivity contribution in [3.05, 3.63) is 46.5 Å². The van der Waals surface area contributed by atoms with E-state index in [1.54, 1.807) is 20.8 Å². The van der Waals surface area contributed by atoms with E-state index in [4.69, 9.17) is 0 Å². The number of aliphatic hydroxyl groups is 1. The quantitative estimate of drug-likeness (QED) is 0.367. The number of Topliss-reactive ketones (excluding diaryl/α,β-unsaturated/α-hetero) is 5. The van der Waals surface area contributed by atoms with E-state index < -0.39 is 63.1 Å². The molecule has 2 N–H and O–H groups in total. The highest BCUT2D eigenvalue weighted by molar-refractivity contribution is 6.32. The molecule has 0 bridgehead atoms. The number of aromatic hydroxyl groups is 1.